The summed E-state index contributed by atoms with van der Waals surface area (Å²) in [6.07, 6.45) is 3.49. The summed E-state index contributed by atoms with van der Waals surface area (Å²) in [5.41, 5.74) is 4.34. The number of nitrogens with one attached hydrogen (secondary N) is 2. The van der Waals surface area contributed by atoms with Gasteiger partial charge in [-0.05, 0) is 43.8 Å². The van der Waals surface area contributed by atoms with E-state index in [1.807, 2.05) is 36.9 Å². The van der Waals surface area contributed by atoms with Crippen molar-refractivity contribution >= 4 is 51.9 Å². The van der Waals surface area contributed by atoms with Crippen LogP contribution in [0.3, 0.4) is 0 Å². The van der Waals surface area contributed by atoms with Crippen molar-refractivity contribution in [3.05, 3.63) is 57.6 Å². The number of thiocarbonyl (C=S) groups is 1. The van der Waals surface area contributed by atoms with E-state index in [1.54, 1.807) is 24.1 Å². The standard InChI is InChI=1S/C18H20Cl2N6OS/c1-11-17(23-18(28)22-15-7-21-25(9-15)10-27-3)12(2)26(24-11)8-13-4-5-14(19)6-16(13)20/h4-7,9H,8,10H2,1-3H3,(H2,22,23,28). The summed E-state index contributed by atoms with van der Waals surface area (Å²) in [5.74, 6) is 0. The van der Waals surface area contributed by atoms with Crippen LogP contribution in [0.25, 0.3) is 0 Å². The van der Waals surface area contributed by atoms with Gasteiger partial charge in [-0.15, -0.1) is 0 Å². The van der Waals surface area contributed by atoms with Gasteiger partial charge >= 0.3 is 0 Å². The molecule has 2 aromatic heterocycles. The van der Waals surface area contributed by atoms with Crippen LogP contribution in [0.1, 0.15) is 17.0 Å². The fraction of sp³-hybridized carbons (Fsp3) is 0.278. The molecule has 0 aliphatic rings. The van der Waals surface area contributed by atoms with E-state index in [0.717, 1.165) is 28.3 Å². The molecular formula is C18H20Cl2N6OS. The zero-order chi connectivity index (χ0) is 20.3. The lowest BCUT2D eigenvalue weighted by Crippen LogP contribution is -2.19. The first-order valence-corrected chi connectivity index (χ1v) is 9.61. The second kappa shape index (κ2) is 8.91. The summed E-state index contributed by atoms with van der Waals surface area (Å²) in [6, 6.07) is 5.45. The van der Waals surface area contributed by atoms with Crippen molar-refractivity contribution in [3.8, 4) is 0 Å². The molecule has 0 unspecified atom stereocenters. The molecule has 7 nitrogen and oxygen atoms in total. The fourth-order valence-electron chi connectivity index (χ4n) is 2.75. The van der Waals surface area contributed by atoms with Gasteiger partial charge in [0.15, 0.2) is 5.11 Å². The first-order chi connectivity index (χ1) is 13.4. The number of nitrogens with zero attached hydrogens (tertiary/aromatic N) is 4. The summed E-state index contributed by atoms with van der Waals surface area (Å²) < 4.78 is 8.58. The van der Waals surface area contributed by atoms with E-state index in [1.165, 1.54) is 0 Å². The van der Waals surface area contributed by atoms with Gasteiger partial charge in [0.1, 0.15) is 6.73 Å². The Bertz CT molecular complexity index is 1000. The zero-order valence-corrected chi connectivity index (χ0v) is 18.0. The summed E-state index contributed by atoms with van der Waals surface area (Å²) in [7, 11) is 1.61. The molecule has 0 amide bonds. The van der Waals surface area contributed by atoms with Gasteiger partial charge in [-0.1, -0.05) is 29.3 Å². The number of hydrogen-bond acceptors (Lipinski definition) is 4. The first-order valence-electron chi connectivity index (χ1n) is 8.44. The molecule has 148 valence electrons. The molecule has 0 saturated heterocycles. The normalized spacial score (nSPS) is 10.9. The summed E-state index contributed by atoms with van der Waals surface area (Å²) in [4.78, 5) is 0. The number of halogens is 2. The Kier molecular flexibility index (Phi) is 6.56. The van der Waals surface area contributed by atoms with Crippen molar-refractivity contribution in [2.75, 3.05) is 17.7 Å². The van der Waals surface area contributed by atoms with E-state index >= 15 is 0 Å². The van der Waals surface area contributed by atoms with E-state index in [0.29, 0.717) is 28.4 Å². The van der Waals surface area contributed by atoms with Crippen molar-refractivity contribution in [2.45, 2.75) is 27.1 Å². The molecule has 0 bridgehead atoms. The smallest absolute Gasteiger partial charge is 0.175 e. The molecule has 0 aliphatic heterocycles. The van der Waals surface area contributed by atoms with Crippen LogP contribution in [0.15, 0.2) is 30.6 Å². The Hall–Kier alpha value is -2.13. The van der Waals surface area contributed by atoms with Crippen LogP contribution in [0.4, 0.5) is 11.4 Å². The third-order valence-electron chi connectivity index (χ3n) is 4.11. The average Bonchev–Trinajstić information content (AvgIpc) is 3.17. The van der Waals surface area contributed by atoms with Crippen molar-refractivity contribution in [1.29, 1.82) is 0 Å². The Labute approximate surface area is 178 Å². The van der Waals surface area contributed by atoms with Crippen LogP contribution in [0.2, 0.25) is 10.0 Å². The lowest BCUT2D eigenvalue weighted by atomic mass is 10.2. The quantitative estimate of drug-likeness (QED) is 0.553. The summed E-state index contributed by atoms with van der Waals surface area (Å²) in [5, 5.41) is 16.8. The minimum Gasteiger partial charge on any atom is -0.362 e. The molecule has 0 saturated carbocycles. The maximum Gasteiger partial charge on any atom is 0.175 e. The van der Waals surface area contributed by atoms with E-state index in [2.05, 4.69) is 20.8 Å². The summed E-state index contributed by atoms with van der Waals surface area (Å²) >= 11 is 17.7. The number of hydrogen-bond donors (Lipinski definition) is 2. The van der Waals surface area contributed by atoms with Crippen molar-refractivity contribution in [1.82, 2.24) is 19.6 Å². The van der Waals surface area contributed by atoms with Crippen LogP contribution < -0.4 is 10.6 Å². The van der Waals surface area contributed by atoms with Gasteiger partial charge < -0.3 is 15.4 Å². The Morgan fingerprint density at radius 2 is 2.04 bits per heavy atom. The second-order valence-corrected chi connectivity index (χ2v) is 7.46. The zero-order valence-electron chi connectivity index (χ0n) is 15.7. The summed E-state index contributed by atoms with van der Waals surface area (Å²) in [6.45, 7) is 4.81. The highest BCUT2D eigenvalue weighted by Crippen LogP contribution is 2.25. The number of rotatable bonds is 6. The van der Waals surface area contributed by atoms with Gasteiger partial charge in [0, 0.05) is 17.2 Å². The molecule has 3 aromatic rings. The van der Waals surface area contributed by atoms with Gasteiger partial charge in [-0.25, -0.2) is 4.68 Å². The lowest BCUT2D eigenvalue weighted by Gasteiger charge is -2.10. The van der Waals surface area contributed by atoms with E-state index < -0.39 is 0 Å². The molecule has 0 fully saturated rings. The third-order valence-corrected chi connectivity index (χ3v) is 4.90. The van der Waals surface area contributed by atoms with E-state index in [4.69, 9.17) is 40.2 Å². The Morgan fingerprint density at radius 3 is 2.75 bits per heavy atom. The molecule has 1 aromatic carbocycles. The van der Waals surface area contributed by atoms with Gasteiger partial charge in [0.05, 0.1) is 41.7 Å². The Morgan fingerprint density at radius 1 is 1.25 bits per heavy atom. The molecule has 0 aliphatic carbocycles. The SMILES string of the molecule is COCn1cc(NC(=S)Nc2c(C)nn(Cc3ccc(Cl)cc3Cl)c2C)cn1. The van der Waals surface area contributed by atoms with Crippen LogP contribution in [0, 0.1) is 13.8 Å². The minimum absolute atomic E-state index is 0.375. The Balaban J connectivity index is 1.71. The molecule has 3 rings (SSSR count). The second-order valence-electron chi connectivity index (χ2n) is 6.20. The number of ether oxygens (including phenoxy) is 1. The maximum absolute atomic E-state index is 6.29. The van der Waals surface area contributed by atoms with Crippen molar-refractivity contribution in [2.24, 2.45) is 0 Å². The van der Waals surface area contributed by atoms with Crippen LogP contribution in [0.5, 0.6) is 0 Å². The molecule has 0 radical (unpaired) electrons. The van der Waals surface area contributed by atoms with Gasteiger partial charge in [-0.3, -0.25) is 4.68 Å². The average molecular weight is 439 g/mol. The molecule has 2 N–H and O–H groups in total. The molecule has 0 atom stereocenters. The molecular weight excluding hydrogens is 419 g/mol. The van der Waals surface area contributed by atoms with Crippen LogP contribution in [-0.4, -0.2) is 31.8 Å². The van der Waals surface area contributed by atoms with Gasteiger partial charge in [0.25, 0.3) is 0 Å². The highest BCUT2D eigenvalue weighted by Gasteiger charge is 2.14. The fourth-order valence-corrected chi connectivity index (χ4v) is 3.44. The molecule has 2 heterocycles. The number of aromatic nitrogens is 4. The first kappa shape index (κ1) is 20.6. The van der Waals surface area contributed by atoms with Crippen LogP contribution >= 0.6 is 35.4 Å². The lowest BCUT2D eigenvalue weighted by molar-refractivity contribution is 0.120. The number of anilines is 2. The molecule has 28 heavy (non-hydrogen) atoms. The minimum atomic E-state index is 0.375. The highest BCUT2D eigenvalue weighted by molar-refractivity contribution is 7.80. The van der Waals surface area contributed by atoms with E-state index in [9.17, 15) is 0 Å². The van der Waals surface area contributed by atoms with Crippen LogP contribution in [-0.2, 0) is 18.0 Å². The third kappa shape index (κ3) is 4.82. The van der Waals surface area contributed by atoms with Crippen molar-refractivity contribution < 1.29 is 4.74 Å². The predicted octanol–water partition coefficient (Wildman–Crippen LogP) is 4.46. The largest absolute Gasteiger partial charge is 0.362 e. The van der Waals surface area contributed by atoms with E-state index in [-0.39, 0.29) is 0 Å². The maximum atomic E-state index is 6.29. The number of methoxy groups -OCH3 is 1. The molecule has 0 spiro atoms. The van der Waals surface area contributed by atoms with Gasteiger partial charge in [0.2, 0.25) is 0 Å². The van der Waals surface area contributed by atoms with Crippen molar-refractivity contribution in [3.63, 3.8) is 0 Å². The number of benzene rings is 1. The monoisotopic (exact) mass is 438 g/mol. The van der Waals surface area contributed by atoms with Gasteiger partial charge in [-0.2, -0.15) is 10.2 Å². The predicted molar refractivity (Wildman–Crippen MR) is 116 cm³/mol. The molecule has 10 heteroatoms. The number of aryl methyl sites for hydroxylation is 1. The highest BCUT2D eigenvalue weighted by atomic mass is 35.5. The topological polar surface area (TPSA) is 68.9 Å².